The van der Waals surface area contributed by atoms with Crippen LogP contribution in [0.25, 0.3) is 10.9 Å². The molecule has 1 saturated carbocycles. The quantitative estimate of drug-likeness (QED) is 0.790. The van der Waals surface area contributed by atoms with Crippen LogP contribution in [0, 0.1) is 5.92 Å². The number of rotatable bonds is 4. The molecule has 2 fully saturated rings. The Hall–Kier alpha value is -2.10. The van der Waals surface area contributed by atoms with E-state index in [1.807, 2.05) is 39.9 Å². The number of aromatic nitrogens is 1. The van der Waals surface area contributed by atoms with Crippen LogP contribution in [-0.4, -0.2) is 33.2 Å². The largest absolute Gasteiger partial charge is 0.337 e. The number of piperidine rings is 1. The van der Waals surface area contributed by atoms with Crippen LogP contribution in [0.4, 0.5) is 0 Å². The van der Waals surface area contributed by atoms with Gasteiger partial charge >= 0.3 is 0 Å². The van der Waals surface area contributed by atoms with Crippen LogP contribution in [0.2, 0.25) is 0 Å². The van der Waals surface area contributed by atoms with Crippen LogP contribution >= 0.6 is 0 Å². The van der Waals surface area contributed by atoms with E-state index in [0.717, 1.165) is 42.1 Å². The molecule has 4 rings (SSSR count). The van der Waals surface area contributed by atoms with Crippen molar-refractivity contribution in [1.82, 2.24) is 9.47 Å². The number of hydrogen-bond acceptors (Lipinski definition) is 2. The maximum atomic E-state index is 13.0. The summed E-state index contributed by atoms with van der Waals surface area (Å²) in [5.41, 5.74) is 1.77. The van der Waals surface area contributed by atoms with Gasteiger partial charge in [-0.25, -0.2) is 0 Å². The lowest BCUT2D eigenvalue weighted by atomic mass is 9.97. The third-order valence-electron chi connectivity index (χ3n) is 5.79. The number of ketones is 1. The highest BCUT2D eigenvalue weighted by Crippen LogP contribution is 2.35. The number of carbonyl (C=O) groups excluding carboxylic acids is 2. The molecule has 2 aromatic rings. The molecular formula is C21H26N2O2. The van der Waals surface area contributed by atoms with Gasteiger partial charge in [0.1, 0.15) is 6.54 Å². The van der Waals surface area contributed by atoms with Gasteiger partial charge in [0.25, 0.3) is 0 Å². The summed E-state index contributed by atoms with van der Waals surface area (Å²) in [5.74, 6) is 0.588. The van der Waals surface area contributed by atoms with E-state index in [1.54, 1.807) is 0 Å². The first kappa shape index (κ1) is 16.4. The number of para-hydroxylation sites is 1. The summed E-state index contributed by atoms with van der Waals surface area (Å²) in [6, 6.07) is 8.54. The molecule has 25 heavy (non-hydrogen) atoms. The Labute approximate surface area is 148 Å². The smallest absolute Gasteiger partial charge is 0.242 e. The minimum absolute atomic E-state index is 0.158. The molecule has 4 nitrogen and oxygen atoms in total. The van der Waals surface area contributed by atoms with Crippen molar-refractivity contribution in [2.45, 2.75) is 64.6 Å². The SMILES string of the molecule is CC1CCCC(C)N1C(=O)Cn1cc(C(=O)C2CC2)c2ccccc21. The van der Waals surface area contributed by atoms with Crippen molar-refractivity contribution in [2.24, 2.45) is 5.92 Å². The summed E-state index contributed by atoms with van der Waals surface area (Å²) in [5, 5.41) is 0.979. The number of fused-ring (bicyclic) bond motifs is 1. The lowest BCUT2D eigenvalue weighted by Gasteiger charge is -2.39. The van der Waals surface area contributed by atoms with Gasteiger partial charge in [-0.3, -0.25) is 9.59 Å². The van der Waals surface area contributed by atoms with Crippen molar-refractivity contribution in [3.63, 3.8) is 0 Å². The molecule has 0 N–H and O–H groups in total. The zero-order valence-corrected chi connectivity index (χ0v) is 15.1. The van der Waals surface area contributed by atoms with E-state index in [4.69, 9.17) is 0 Å². The van der Waals surface area contributed by atoms with E-state index in [2.05, 4.69) is 13.8 Å². The molecule has 1 aliphatic heterocycles. The van der Waals surface area contributed by atoms with E-state index in [1.165, 1.54) is 6.42 Å². The van der Waals surface area contributed by atoms with Gasteiger partial charge in [0.2, 0.25) is 5.91 Å². The predicted octanol–water partition coefficient (Wildman–Crippen LogP) is 4.02. The van der Waals surface area contributed by atoms with Gasteiger partial charge in [0.15, 0.2) is 5.78 Å². The lowest BCUT2D eigenvalue weighted by Crippen LogP contribution is -2.48. The molecule has 1 aromatic carbocycles. The van der Waals surface area contributed by atoms with Crippen molar-refractivity contribution in [1.29, 1.82) is 0 Å². The number of carbonyl (C=O) groups is 2. The van der Waals surface area contributed by atoms with E-state index in [9.17, 15) is 9.59 Å². The Morgan fingerprint density at radius 1 is 1.04 bits per heavy atom. The highest BCUT2D eigenvalue weighted by atomic mass is 16.2. The Morgan fingerprint density at radius 2 is 1.72 bits per heavy atom. The Morgan fingerprint density at radius 3 is 2.40 bits per heavy atom. The number of Topliss-reactive ketones (excluding diaryl/α,β-unsaturated/α-hetero) is 1. The molecule has 2 atom stereocenters. The van der Waals surface area contributed by atoms with Crippen LogP contribution in [0.3, 0.4) is 0 Å². The molecular weight excluding hydrogens is 312 g/mol. The lowest BCUT2D eigenvalue weighted by molar-refractivity contribution is -0.137. The van der Waals surface area contributed by atoms with Crippen LogP contribution in [-0.2, 0) is 11.3 Å². The fourth-order valence-corrected chi connectivity index (χ4v) is 4.28. The van der Waals surface area contributed by atoms with E-state index >= 15 is 0 Å². The van der Waals surface area contributed by atoms with E-state index in [-0.39, 0.29) is 17.6 Å². The van der Waals surface area contributed by atoms with Crippen LogP contribution in [0.15, 0.2) is 30.5 Å². The van der Waals surface area contributed by atoms with E-state index < -0.39 is 0 Å². The average molecular weight is 338 g/mol. The Bertz CT molecular complexity index is 808. The van der Waals surface area contributed by atoms with E-state index in [0.29, 0.717) is 18.6 Å². The molecule has 2 heterocycles. The standard InChI is InChI=1S/C21H26N2O2/c1-14-6-5-7-15(2)23(14)20(24)13-22-12-18(21(25)16-10-11-16)17-8-3-4-9-19(17)22/h3-4,8-9,12,14-16H,5-7,10-11,13H2,1-2H3. The zero-order chi connectivity index (χ0) is 17.6. The highest BCUT2D eigenvalue weighted by molar-refractivity contribution is 6.10. The minimum Gasteiger partial charge on any atom is -0.337 e. The summed E-state index contributed by atoms with van der Waals surface area (Å²) >= 11 is 0. The normalized spacial score (nSPS) is 23.8. The number of nitrogens with zero attached hydrogens (tertiary/aromatic N) is 2. The second kappa shape index (κ2) is 6.32. The Balaban J connectivity index is 1.65. The first-order chi connectivity index (χ1) is 12.1. The van der Waals surface area contributed by atoms with Gasteiger partial charge in [0.05, 0.1) is 0 Å². The third kappa shape index (κ3) is 2.99. The molecule has 0 bridgehead atoms. The maximum absolute atomic E-state index is 13.0. The minimum atomic E-state index is 0.158. The third-order valence-corrected chi connectivity index (χ3v) is 5.79. The molecule has 0 radical (unpaired) electrons. The van der Waals surface area contributed by atoms with Crippen molar-refractivity contribution in [2.75, 3.05) is 0 Å². The number of benzene rings is 1. The summed E-state index contributed by atoms with van der Waals surface area (Å²) in [7, 11) is 0. The van der Waals surface area contributed by atoms with Crippen molar-refractivity contribution in [3.8, 4) is 0 Å². The molecule has 0 spiro atoms. The number of hydrogen-bond donors (Lipinski definition) is 0. The van der Waals surface area contributed by atoms with Gasteiger partial charge in [-0.2, -0.15) is 0 Å². The number of amides is 1. The van der Waals surface area contributed by atoms with Crippen molar-refractivity contribution < 1.29 is 9.59 Å². The number of likely N-dealkylation sites (tertiary alicyclic amines) is 1. The fraction of sp³-hybridized carbons (Fsp3) is 0.524. The van der Waals surface area contributed by atoms with Gasteiger partial charge in [-0.05, 0) is 52.0 Å². The average Bonchev–Trinajstić information content (AvgIpc) is 3.38. The fourth-order valence-electron chi connectivity index (χ4n) is 4.28. The topological polar surface area (TPSA) is 42.3 Å². The molecule has 1 amide bonds. The first-order valence-corrected chi connectivity index (χ1v) is 9.49. The van der Waals surface area contributed by atoms with Gasteiger partial charge < -0.3 is 9.47 Å². The first-order valence-electron chi connectivity index (χ1n) is 9.49. The molecule has 4 heteroatoms. The molecule has 1 aromatic heterocycles. The molecule has 2 aliphatic rings. The van der Waals surface area contributed by atoms with Crippen LogP contribution in [0.1, 0.15) is 56.3 Å². The Kier molecular flexibility index (Phi) is 4.14. The molecule has 1 saturated heterocycles. The second-order valence-electron chi connectivity index (χ2n) is 7.76. The highest BCUT2D eigenvalue weighted by Gasteiger charge is 2.33. The summed E-state index contributed by atoms with van der Waals surface area (Å²) in [6.07, 6.45) is 7.25. The van der Waals surface area contributed by atoms with Gasteiger partial charge in [-0.1, -0.05) is 18.2 Å². The monoisotopic (exact) mass is 338 g/mol. The van der Waals surface area contributed by atoms with Gasteiger partial charge in [0, 0.05) is 40.7 Å². The molecule has 2 unspecified atom stereocenters. The van der Waals surface area contributed by atoms with Crippen LogP contribution in [0.5, 0.6) is 0 Å². The van der Waals surface area contributed by atoms with Crippen molar-refractivity contribution in [3.05, 3.63) is 36.0 Å². The second-order valence-corrected chi connectivity index (χ2v) is 7.76. The maximum Gasteiger partial charge on any atom is 0.242 e. The van der Waals surface area contributed by atoms with Crippen molar-refractivity contribution >= 4 is 22.6 Å². The summed E-state index contributed by atoms with van der Waals surface area (Å²) < 4.78 is 1.97. The van der Waals surface area contributed by atoms with Gasteiger partial charge in [-0.15, -0.1) is 0 Å². The summed E-state index contributed by atoms with van der Waals surface area (Å²) in [6.45, 7) is 4.60. The summed E-state index contributed by atoms with van der Waals surface area (Å²) in [4.78, 5) is 27.6. The molecule has 1 aliphatic carbocycles. The van der Waals surface area contributed by atoms with Crippen LogP contribution < -0.4 is 0 Å². The zero-order valence-electron chi connectivity index (χ0n) is 15.1. The predicted molar refractivity (Wildman–Crippen MR) is 98.6 cm³/mol. The molecule has 132 valence electrons.